The highest BCUT2D eigenvalue weighted by Gasteiger charge is 2.34. The smallest absolute Gasteiger partial charge is 0.275 e. The molecule has 0 spiro atoms. The van der Waals surface area contributed by atoms with E-state index in [0.717, 1.165) is 23.2 Å². The van der Waals surface area contributed by atoms with Crippen LogP contribution in [0, 0.1) is 12.7 Å². The third kappa shape index (κ3) is 4.11. The first kappa shape index (κ1) is 20.8. The van der Waals surface area contributed by atoms with E-state index in [1.54, 1.807) is 18.2 Å². The van der Waals surface area contributed by atoms with E-state index in [1.165, 1.54) is 13.3 Å². The van der Waals surface area contributed by atoms with E-state index in [2.05, 4.69) is 36.2 Å². The number of hydrazone groups is 1. The van der Waals surface area contributed by atoms with Gasteiger partial charge in [0.05, 0.1) is 18.9 Å². The fourth-order valence-electron chi connectivity index (χ4n) is 3.91. The zero-order valence-corrected chi connectivity index (χ0v) is 17.8. The van der Waals surface area contributed by atoms with Crippen LogP contribution in [0.2, 0.25) is 0 Å². The van der Waals surface area contributed by atoms with Crippen molar-refractivity contribution >= 4 is 17.8 Å². The number of benzene rings is 2. The van der Waals surface area contributed by atoms with Gasteiger partial charge >= 0.3 is 0 Å². The summed E-state index contributed by atoms with van der Waals surface area (Å²) in [7, 11) is 3.50. The van der Waals surface area contributed by atoms with Gasteiger partial charge in [-0.05, 0) is 68.5 Å². The number of methoxy groups -OCH3 is 1. The molecule has 0 aromatic heterocycles. The normalized spacial score (nSPS) is 17.9. The number of carbonyl (C=O) groups is 1. The van der Waals surface area contributed by atoms with Crippen molar-refractivity contribution in [2.45, 2.75) is 45.6 Å². The van der Waals surface area contributed by atoms with Gasteiger partial charge in [0.15, 0.2) is 0 Å². The van der Waals surface area contributed by atoms with Gasteiger partial charge < -0.3 is 9.64 Å². The van der Waals surface area contributed by atoms with E-state index in [0.29, 0.717) is 22.8 Å². The van der Waals surface area contributed by atoms with Crippen LogP contribution in [-0.2, 0) is 0 Å². The Balaban J connectivity index is 1.82. The van der Waals surface area contributed by atoms with Crippen molar-refractivity contribution in [1.82, 2.24) is 5.43 Å². The molecular weight excluding hydrogens is 369 g/mol. The maximum absolute atomic E-state index is 14.7. The Labute approximate surface area is 171 Å². The molecule has 0 radical (unpaired) electrons. The Morgan fingerprint density at radius 1 is 1.34 bits per heavy atom. The number of anilines is 1. The molecule has 0 bridgehead atoms. The van der Waals surface area contributed by atoms with Gasteiger partial charge in [-0.15, -0.1) is 0 Å². The number of aryl methyl sites for hydroxylation is 1. The maximum atomic E-state index is 14.7. The molecule has 1 aliphatic heterocycles. The van der Waals surface area contributed by atoms with E-state index in [9.17, 15) is 9.18 Å². The van der Waals surface area contributed by atoms with Crippen LogP contribution in [0.15, 0.2) is 35.4 Å². The molecule has 6 heteroatoms. The lowest BCUT2D eigenvalue weighted by atomic mass is 9.80. The Morgan fingerprint density at radius 2 is 2.07 bits per heavy atom. The number of fused-ring (bicyclic) bond motifs is 1. The molecule has 3 rings (SSSR count). The average molecular weight is 397 g/mol. The quantitative estimate of drug-likeness (QED) is 0.605. The summed E-state index contributed by atoms with van der Waals surface area (Å²) >= 11 is 0. The van der Waals surface area contributed by atoms with Crippen molar-refractivity contribution < 1.29 is 13.9 Å². The number of ether oxygens (including phenoxy) is 1. The number of hydrogen-bond donors (Lipinski definition) is 1. The van der Waals surface area contributed by atoms with Gasteiger partial charge in [-0.1, -0.05) is 13.0 Å². The summed E-state index contributed by atoms with van der Waals surface area (Å²) in [6.07, 6.45) is 2.32. The molecule has 154 valence electrons. The molecule has 1 heterocycles. The van der Waals surface area contributed by atoms with Gasteiger partial charge in [-0.2, -0.15) is 5.10 Å². The number of halogens is 1. The second-order valence-corrected chi connectivity index (χ2v) is 8.31. The number of amides is 1. The molecule has 2 aromatic carbocycles. The van der Waals surface area contributed by atoms with Crippen LogP contribution >= 0.6 is 0 Å². The van der Waals surface area contributed by atoms with Gasteiger partial charge in [0.25, 0.3) is 5.91 Å². The van der Waals surface area contributed by atoms with Crippen molar-refractivity contribution in [3.05, 3.63) is 58.4 Å². The summed E-state index contributed by atoms with van der Waals surface area (Å²) in [5, 5.41) is 3.96. The highest BCUT2D eigenvalue weighted by atomic mass is 19.1. The van der Waals surface area contributed by atoms with Gasteiger partial charge in [-0.25, -0.2) is 9.82 Å². The number of nitrogens with one attached hydrogen (secondary N) is 1. The molecule has 29 heavy (non-hydrogen) atoms. The summed E-state index contributed by atoms with van der Waals surface area (Å²) in [5.74, 6) is -0.00904. The molecule has 0 saturated carbocycles. The predicted octanol–water partition coefficient (Wildman–Crippen LogP) is 4.63. The molecule has 1 N–H and O–H groups in total. The van der Waals surface area contributed by atoms with Crippen LogP contribution in [0.3, 0.4) is 0 Å². The van der Waals surface area contributed by atoms with E-state index in [1.807, 2.05) is 26.1 Å². The Bertz CT molecular complexity index is 969. The maximum Gasteiger partial charge on any atom is 0.275 e. The van der Waals surface area contributed by atoms with Crippen LogP contribution in [0.25, 0.3) is 0 Å². The standard InChI is InChI=1S/C23H28FN3O2/c1-14-7-8-17(21(9-14)29-6)22(28)26-25-13-16-10-18-15(2)12-23(3,4)27(5)20(18)11-19(16)24/h7-11,13,15H,12H2,1-6H3,(H,26,28)/b25-13-. The fourth-order valence-corrected chi connectivity index (χ4v) is 3.91. The second-order valence-electron chi connectivity index (χ2n) is 8.31. The lowest BCUT2D eigenvalue weighted by molar-refractivity contribution is 0.0952. The molecule has 1 amide bonds. The number of carbonyl (C=O) groups excluding carboxylic acids is 1. The number of hydrogen-bond acceptors (Lipinski definition) is 4. The van der Waals surface area contributed by atoms with Crippen molar-refractivity contribution in [3.63, 3.8) is 0 Å². The number of nitrogens with zero attached hydrogens (tertiary/aromatic N) is 2. The van der Waals surface area contributed by atoms with E-state index < -0.39 is 5.91 Å². The van der Waals surface area contributed by atoms with Crippen molar-refractivity contribution in [2.75, 3.05) is 19.1 Å². The molecule has 2 aromatic rings. The predicted molar refractivity (Wildman–Crippen MR) is 115 cm³/mol. The molecule has 0 saturated heterocycles. The van der Waals surface area contributed by atoms with E-state index in [4.69, 9.17) is 4.74 Å². The van der Waals surface area contributed by atoms with Gasteiger partial charge in [0, 0.05) is 23.8 Å². The highest BCUT2D eigenvalue weighted by molar-refractivity contribution is 5.97. The summed E-state index contributed by atoms with van der Waals surface area (Å²) in [5.41, 5.74) is 6.11. The van der Waals surface area contributed by atoms with Gasteiger partial charge in [0.1, 0.15) is 11.6 Å². The summed E-state index contributed by atoms with van der Waals surface area (Å²) in [6.45, 7) is 8.39. The fraction of sp³-hybridized carbons (Fsp3) is 0.391. The summed E-state index contributed by atoms with van der Waals surface area (Å²) in [4.78, 5) is 14.5. The SMILES string of the molecule is COc1cc(C)ccc1C(=O)N/N=C\c1cc2c(cc1F)N(C)C(C)(C)CC2C. The first-order chi connectivity index (χ1) is 13.6. The topological polar surface area (TPSA) is 53.9 Å². The summed E-state index contributed by atoms with van der Waals surface area (Å²) < 4.78 is 19.9. The van der Waals surface area contributed by atoms with E-state index in [-0.39, 0.29) is 11.4 Å². The van der Waals surface area contributed by atoms with Gasteiger partial charge in [0.2, 0.25) is 0 Å². The Morgan fingerprint density at radius 3 is 2.76 bits per heavy atom. The molecule has 5 nitrogen and oxygen atoms in total. The van der Waals surface area contributed by atoms with E-state index >= 15 is 0 Å². The third-order valence-corrected chi connectivity index (χ3v) is 5.72. The monoisotopic (exact) mass is 397 g/mol. The second kappa shape index (κ2) is 7.85. The van der Waals surface area contributed by atoms with Crippen LogP contribution in [0.5, 0.6) is 5.75 Å². The lowest BCUT2D eigenvalue weighted by Gasteiger charge is -2.45. The minimum Gasteiger partial charge on any atom is -0.496 e. The zero-order chi connectivity index (χ0) is 21.3. The van der Waals surface area contributed by atoms with Crippen molar-refractivity contribution in [1.29, 1.82) is 0 Å². The Kier molecular flexibility index (Phi) is 5.64. The minimum absolute atomic E-state index is 0.0322. The molecule has 1 aliphatic rings. The van der Waals surface area contributed by atoms with Crippen molar-refractivity contribution in [3.8, 4) is 5.75 Å². The summed E-state index contributed by atoms with van der Waals surface area (Å²) in [6, 6.07) is 8.66. The molecule has 0 aliphatic carbocycles. The molecule has 1 atom stereocenters. The number of rotatable bonds is 4. The molecule has 0 fully saturated rings. The van der Waals surface area contributed by atoms with Crippen LogP contribution in [0.4, 0.5) is 10.1 Å². The minimum atomic E-state index is -0.411. The first-order valence-electron chi connectivity index (χ1n) is 9.69. The Hall–Kier alpha value is -2.89. The lowest BCUT2D eigenvalue weighted by Crippen LogP contribution is -2.45. The zero-order valence-electron chi connectivity index (χ0n) is 17.8. The highest BCUT2D eigenvalue weighted by Crippen LogP contribution is 2.43. The largest absolute Gasteiger partial charge is 0.496 e. The molecular formula is C23H28FN3O2. The van der Waals surface area contributed by atoms with Crippen LogP contribution < -0.4 is 15.1 Å². The third-order valence-electron chi connectivity index (χ3n) is 5.72. The first-order valence-corrected chi connectivity index (χ1v) is 9.69. The average Bonchev–Trinajstić information content (AvgIpc) is 2.66. The van der Waals surface area contributed by atoms with Crippen molar-refractivity contribution in [2.24, 2.45) is 5.10 Å². The molecule has 1 unspecified atom stereocenters. The van der Waals surface area contributed by atoms with Crippen LogP contribution in [0.1, 0.15) is 60.2 Å². The van der Waals surface area contributed by atoms with Crippen LogP contribution in [-0.4, -0.2) is 31.8 Å². The van der Waals surface area contributed by atoms with Gasteiger partial charge in [-0.3, -0.25) is 4.79 Å².